The number of carbonyl (C=O) groups is 1. The molecular formula is C22H28ClN5O3S. The fraction of sp³-hybridized carbons (Fsp3) is 0.455. The number of halogens is 1. The van der Waals surface area contributed by atoms with Crippen molar-refractivity contribution in [3.05, 3.63) is 47.1 Å². The second-order valence-corrected chi connectivity index (χ2v) is 10.8. The van der Waals surface area contributed by atoms with Crippen LogP contribution in [0.25, 0.3) is 0 Å². The van der Waals surface area contributed by atoms with Gasteiger partial charge >= 0.3 is 0 Å². The average molecular weight is 478 g/mol. The molecule has 1 aromatic carbocycles. The van der Waals surface area contributed by atoms with E-state index in [1.165, 1.54) is 24.5 Å². The first kappa shape index (κ1) is 22.8. The summed E-state index contributed by atoms with van der Waals surface area (Å²) in [6.45, 7) is 3.97. The van der Waals surface area contributed by atoms with Crippen LogP contribution in [0.5, 0.6) is 0 Å². The smallest absolute Gasteiger partial charge is 0.256 e. The second-order valence-electron chi connectivity index (χ2n) is 8.25. The lowest BCUT2D eigenvalue weighted by atomic mass is 10.1. The summed E-state index contributed by atoms with van der Waals surface area (Å²) in [4.78, 5) is 24.1. The Morgan fingerprint density at radius 3 is 2.31 bits per heavy atom. The normalized spacial score (nSPS) is 17.3. The van der Waals surface area contributed by atoms with Gasteiger partial charge in [-0.2, -0.15) is 0 Å². The summed E-state index contributed by atoms with van der Waals surface area (Å²) in [7, 11) is -0.654. The molecule has 0 bridgehead atoms. The summed E-state index contributed by atoms with van der Waals surface area (Å²) >= 11 is 6.28. The van der Waals surface area contributed by atoms with Crippen LogP contribution in [0.2, 0.25) is 5.02 Å². The van der Waals surface area contributed by atoms with Gasteiger partial charge in [0, 0.05) is 65.2 Å². The molecule has 0 saturated carbocycles. The highest BCUT2D eigenvalue weighted by atomic mass is 35.5. The van der Waals surface area contributed by atoms with Crippen molar-refractivity contribution in [1.82, 2.24) is 14.2 Å². The molecule has 10 heteroatoms. The average Bonchev–Trinajstić information content (AvgIpc) is 3.33. The van der Waals surface area contributed by atoms with Crippen LogP contribution in [-0.2, 0) is 10.0 Å². The molecule has 1 amide bonds. The van der Waals surface area contributed by atoms with E-state index in [0.717, 1.165) is 37.4 Å². The lowest BCUT2D eigenvalue weighted by Crippen LogP contribution is -2.49. The number of carbonyl (C=O) groups excluding carboxylic acids is 1. The summed E-state index contributed by atoms with van der Waals surface area (Å²) in [5, 5.41) is 0.588. The van der Waals surface area contributed by atoms with Crippen molar-refractivity contribution in [2.45, 2.75) is 17.7 Å². The van der Waals surface area contributed by atoms with Gasteiger partial charge in [0.1, 0.15) is 5.82 Å². The largest absolute Gasteiger partial charge is 0.371 e. The Balaban J connectivity index is 1.60. The summed E-state index contributed by atoms with van der Waals surface area (Å²) in [5.74, 6) is 0.576. The highest BCUT2D eigenvalue weighted by Crippen LogP contribution is 2.30. The maximum absolute atomic E-state index is 13.6. The van der Waals surface area contributed by atoms with Gasteiger partial charge in [-0.3, -0.25) is 4.79 Å². The predicted molar refractivity (Wildman–Crippen MR) is 126 cm³/mol. The Morgan fingerprint density at radius 2 is 1.69 bits per heavy atom. The Labute approximate surface area is 194 Å². The fourth-order valence-corrected chi connectivity index (χ4v) is 5.36. The number of amides is 1. The molecule has 0 aliphatic carbocycles. The number of aromatic nitrogens is 1. The van der Waals surface area contributed by atoms with E-state index in [-0.39, 0.29) is 10.8 Å². The van der Waals surface area contributed by atoms with Crippen molar-refractivity contribution >= 4 is 39.0 Å². The Kier molecular flexibility index (Phi) is 6.60. The van der Waals surface area contributed by atoms with Crippen LogP contribution in [0.4, 0.5) is 11.5 Å². The first-order valence-corrected chi connectivity index (χ1v) is 12.6. The van der Waals surface area contributed by atoms with E-state index in [1.807, 2.05) is 0 Å². The molecule has 2 aliphatic heterocycles. The van der Waals surface area contributed by atoms with E-state index >= 15 is 0 Å². The van der Waals surface area contributed by atoms with Crippen molar-refractivity contribution < 1.29 is 13.2 Å². The number of benzene rings is 1. The molecular weight excluding hydrogens is 450 g/mol. The third-order valence-corrected chi connectivity index (χ3v) is 8.14. The van der Waals surface area contributed by atoms with Gasteiger partial charge in [-0.05, 0) is 43.2 Å². The zero-order valence-electron chi connectivity index (χ0n) is 18.4. The van der Waals surface area contributed by atoms with Crippen LogP contribution >= 0.6 is 11.6 Å². The second kappa shape index (κ2) is 9.25. The lowest BCUT2D eigenvalue weighted by Gasteiger charge is -2.36. The first-order valence-electron chi connectivity index (χ1n) is 10.8. The van der Waals surface area contributed by atoms with Crippen LogP contribution in [0.15, 0.2) is 41.4 Å². The Bertz CT molecular complexity index is 1090. The van der Waals surface area contributed by atoms with E-state index in [4.69, 9.17) is 11.6 Å². The van der Waals surface area contributed by atoms with E-state index in [9.17, 15) is 13.2 Å². The van der Waals surface area contributed by atoms with Crippen LogP contribution < -0.4 is 9.80 Å². The SMILES string of the molecule is CN(C)S(=O)(=O)c1ccc(N2CCCC2)c(C(=O)N2CCN(c3ncccc3Cl)CC2)c1. The molecule has 1 aromatic heterocycles. The van der Waals surface area contributed by atoms with Gasteiger partial charge < -0.3 is 14.7 Å². The van der Waals surface area contributed by atoms with Crippen molar-refractivity contribution in [2.24, 2.45) is 0 Å². The maximum atomic E-state index is 13.6. The molecule has 172 valence electrons. The zero-order valence-corrected chi connectivity index (χ0v) is 19.9. The quantitative estimate of drug-likeness (QED) is 0.658. The molecule has 2 saturated heterocycles. The Morgan fingerprint density at radius 1 is 1.00 bits per heavy atom. The van der Waals surface area contributed by atoms with Crippen LogP contribution in [0.3, 0.4) is 0 Å². The molecule has 0 N–H and O–H groups in total. The molecule has 0 atom stereocenters. The standard InChI is InChI=1S/C22H28ClN5O3S/c1-25(2)32(30,31)17-7-8-20(26-10-3-4-11-26)18(16-17)22(29)28-14-12-27(13-15-28)21-19(23)6-5-9-24-21/h5-9,16H,3-4,10-15H2,1-2H3. The van der Waals surface area contributed by atoms with Gasteiger partial charge in [0.15, 0.2) is 0 Å². The molecule has 32 heavy (non-hydrogen) atoms. The number of hydrogen-bond acceptors (Lipinski definition) is 6. The van der Waals surface area contributed by atoms with Gasteiger partial charge in [0.25, 0.3) is 5.91 Å². The topological polar surface area (TPSA) is 77.1 Å². The number of sulfonamides is 1. The molecule has 3 heterocycles. The minimum absolute atomic E-state index is 0.132. The third kappa shape index (κ3) is 4.42. The van der Waals surface area contributed by atoms with Crippen LogP contribution in [0.1, 0.15) is 23.2 Å². The number of nitrogens with zero attached hydrogens (tertiary/aromatic N) is 5. The fourth-order valence-electron chi connectivity index (χ4n) is 4.19. The van der Waals surface area contributed by atoms with Crippen molar-refractivity contribution in [1.29, 1.82) is 0 Å². The molecule has 0 spiro atoms. The number of piperazine rings is 1. The van der Waals surface area contributed by atoms with Crippen molar-refractivity contribution in [3.63, 3.8) is 0 Å². The van der Waals surface area contributed by atoms with Gasteiger partial charge in [0.2, 0.25) is 10.0 Å². The predicted octanol–water partition coefficient (Wildman–Crippen LogP) is 2.55. The zero-order chi connectivity index (χ0) is 22.9. The molecule has 8 nitrogen and oxygen atoms in total. The van der Waals surface area contributed by atoms with Gasteiger partial charge in [-0.15, -0.1) is 0 Å². The first-order chi connectivity index (χ1) is 15.3. The minimum atomic E-state index is -3.64. The van der Waals surface area contributed by atoms with Crippen LogP contribution in [0, 0.1) is 0 Å². The Hall–Kier alpha value is -2.36. The summed E-state index contributed by atoms with van der Waals surface area (Å²) in [5.41, 5.74) is 1.25. The summed E-state index contributed by atoms with van der Waals surface area (Å²) in [6, 6.07) is 8.51. The van der Waals surface area contributed by atoms with Gasteiger partial charge in [0.05, 0.1) is 15.5 Å². The monoisotopic (exact) mass is 477 g/mol. The number of pyridine rings is 1. The molecule has 4 rings (SSSR count). The van der Waals surface area contributed by atoms with E-state index in [1.54, 1.807) is 35.4 Å². The van der Waals surface area contributed by atoms with Gasteiger partial charge in [-0.25, -0.2) is 17.7 Å². The van der Waals surface area contributed by atoms with E-state index in [0.29, 0.717) is 36.8 Å². The van der Waals surface area contributed by atoms with E-state index < -0.39 is 10.0 Å². The number of hydrogen-bond donors (Lipinski definition) is 0. The molecule has 2 fully saturated rings. The highest BCUT2D eigenvalue weighted by molar-refractivity contribution is 7.89. The molecule has 0 radical (unpaired) electrons. The number of rotatable bonds is 5. The summed E-state index contributed by atoms with van der Waals surface area (Å²) < 4.78 is 26.6. The van der Waals surface area contributed by atoms with Crippen molar-refractivity contribution in [2.75, 3.05) is 63.2 Å². The lowest BCUT2D eigenvalue weighted by molar-refractivity contribution is 0.0747. The molecule has 2 aliphatic rings. The minimum Gasteiger partial charge on any atom is -0.371 e. The van der Waals surface area contributed by atoms with Crippen molar-refractivity contribution in [3.8, 4) is 0 Å². The molecule has 2 aromatic rings. The van der Waals surface area contributed by atoms with Crippen LogP contribution in [-0.4, -0.2) is 81.9 Å². The summed E-state index contributed by atoms with van der Waals surface area (Å²) in [6.07, 6.45) is 3.83. The maximum Gasteiger partial charge on any atom is 0.256 e. The van der Waals surface area contributed by atoms with Gasteiger partial charge in [-0.1, -0.05) is 11.6 Å². The third-order valence-electron chi connectivity index (χ3n) is 6.03. The highest BCUT2D eigenvalue weighted by Gasteiger charge is 2.29. The van der Waals surface area contributed by atoms with E-state index in [2.05, 4.69) is 14.8 Å². The molecule has 0 unspecified atom stereocenters. The number of anilines is 2.